The highest BCUT2D eigenvalue weighted by Crippen LogP contribution is 2.37. The minimum Gasteiger partial charge on any atom is -0.493 e. The second-order valence-corrected chi connectivity index (χ2v) is 5.73. The number of nitrogens with two attached hydrogens (primary N) is 1. The second-order valence-electron chi connectivity index (χ2n) is 5.33. The standard InChI is InChI=1S/C16H18ClF3N2O6/c1-3-27-13(24)6-22(8-16(18,19)20)15(25)9-4-10(17)14(11(5-9)26-2)28-7-12(21)23/h4-5H,3,6-8H2,1-2H3,(H2,21,23). The summed E-state index contributed by atoms with van der Waals surface area (Å²) in [5, 5.41) is -0.202. The molecule has 2 N–H and O–H groups in total. The molecule has 0 fully saturated rings. The van der Waals surface area contributed by atoms with Crippen molar-refractivity contribution in [2.45, 2.75) is 13.1 Å². The lowest BCUT2D eigenvalue weighted by Gasteiger charge is -2.23. The van der Waals surface area contributed by atoms with E-state index in [4.69, 9.17) is 26.8 Å². The fourth-order valence-corrected chi connectivity index (χ4v) is 2.35. The summed E-state index contributed by atoms with van der Waals surface area (Å²) in [4.78, 5) is 35.2. The number of hydrogen-bond acceptors (Lipinski definition) is 6. The number of esters is 1. The zero-order chi connectivity index (χ0) is 21.5. The van der Waals surface area contributed by atoms with Gasteiger partial charge in [-0.3, -0.25) is 14.4 Å². The molecule has 2 amide bonds. The summed E-state index contributed by atoms with van der Waals surface area (Å²) in [6.45, 7) is -1.70. The second kappa shape index (κ2) is 10.0. The van der Waals surface area contributed by atoms with Gasteiger partial charge in [0, 0.05) is 5.56 Å². The van der Waals surface area contributed by atoms with E-state index in [9.17, 15) is 27.6 Å². The molecule has 156 valence electrons. The Bertz CT molecular complexity index is 742. The van der Waals surface area contributed by atoms with Crippen LogP contribution in [-0.4, -0.2) is 62.3 Å². The SMILES string of the molecule is CCOC(=O)CN(CC(F)(F)F)C(=O)c1cc(Cl)c(OCC(N)=O)c(OC)c1. The maximum atomic E-state index is 12.8. The Morgan fingerprint density at radius 2 is 1.89 bits per heavy atom. The van der Waals surface area contributed by atoms with E-state index in [1.54, 1.807) is 0 Å². The Kier molecular flexibility index (Phi) is 8.35. The van der Waals surface area contributed by atoms with Crippen LogP contribution in [0.4, 0.5) is 13.2 Å². The van der Waals surface area contributed by atoms with Crippen LogP contribution in [0.3, 0.4) is 0 Å². The molecule has 0 saturated heterocycles. The molecule has 1 aromatic carbocycles. The van der Waals surface area contributed by atoms with Gasteiger partial charge in [0.2, 0.25) is 0 Å². The van der Waals surface area contributed by atoms with Crippen LogP contribution in [0.2, 0.25) is 5.02 Å². The molecule has 28 heavy (non-hydrogen) atoms. The highest BCUT2D eigenvalue weighted by molar-refractivity contribution is 6.32. The molecular weight excluding hydrogens is 409 g/mol. The third-order valence-corrected chi connectivity index (χ3v) is 3.40. The molecule has 0 heterocycles. The number of amides is 2. The number of benzene rings is 1. The van der Waals surface area contributed by atoms with Gasteiger partial charge in [-0.2, -0.15) is 13.2 Å². The van der Waals surface area contributed by atoms with Gasteiger partial charge in [-0.05, 0) is 19.1 Å². The highest BCUT2D eigenvalue weighted by Gasteiger charge is 2.35. The fourth-order valence-electron chi connectivity index (χ4n) is 2.09. The van der Waals surface area contributed by atoms with Crippen molar-refractivity contribution < 1.29 is 41.8 Å². The molecule has 8 nitrogen and oxygen atoms in total. The minimum atomic E-state index is -4.75. The lowest BCUT2D eigenvalue weighted by atomic mass is 10.1. The van der Waals surface area contributed by atoms with Crippen LogP contribution < -0.4 is 15.2 Å². The van der Waals surface area contributed by atoms with E-state index in [-0.39, 0.29) is 33.6 Å². The van der Waals surface area contributed by atoms with Crippen LogP contribution in [0.25, 0.3) is 0 Å². The molecule has 0 saturated carbocycles. The van der Waals surface area contributed by atoms with Crippen molar-refractivity contribution >= 4 is 29.4 Å². The normalized spacial score (nSPS) is 10.9. The third-order valence-electron chi connectivity index (χ3n) is 3.12. The first-order valence-corrected chi connectivity index (χ1v) is 8.16. The average Bonchev–Trinajstić information content (AvgIpc) is 2.57. The topological polar surface area (TPSA) is 108 Å². The number of carbonyl (C=O) groups excluding carboxylic acids is 3. The Labute approximate surface area is 163 Å². The first kappa shape index (κ1) is 23.3. The summed E-state index contributed by atoms with van der Waals surface area (Å²) >= 11 is 5.99. The molecule has 0 aromatic heterocycles. The lowest BCUT2D eigenvalue weighted by Crippen LogP contribution is -2.42. The van der Waals surface area contributed by atoms with Crippen molar-refractivity contribution in [1.29, 1.82) is 0 Å². The van der Waals surface area contributed by atoms with Gasteiger partial charge in [0.05, 0.1) is 18.7 Å². The molecule has 12 heteroatoms. The molecule has 1 rings (SSSR count). The fraction of sp³-hybridized carbons (Fsp3) is 0.438. The monoisotopic (exact) mass is 426 g/mol. The molecule has 0 unspecified atom stereocenters. The van der Waals surface area contributed by atoms with Gasteiger partial charge in [-0.1, -0.05) is 11.6 Å². The summed E-state index contributed by atoms with van der Waals surface area (Å²) in [6, 6.07) is 2.09. The van der Waals surface area contributed by atoms with Crippen molar-refractivity contribution in [3.8, 4) is 11.5 Å². The summed E-state index contributed by atoms with van der Waals surface area (Å²) in [6.07, 6.45) is -4.75. The number of nitrogens with zero attached hydrogens (tertiary/aromatic N) is 1. The first-order chi connectivity index (χ1) is 13.0. The molecule has 0 radical (unpaired) electrons. The van der Waals surface area contributed by atoms with Crippen LogP contribution in [0.1, 0.15) is 17.3 Å². The van der Waals surface area contributed by atoms with E-state index < -0.39 is 43.7 Å². The maximum Gasteiger partial charge on any atom is 0.406 e. The molecule has 0 bridgehead atoms. The van der Waals surface area contributed by atoms with Crippen LogP contribution in [0.15, 0.2) is 12.1 Å². The number of hydrogen-bond donors (Lipinski definition) is 1. The van der Waals surface area contributed by atoms with Crippen molar-refractivity contribution in [1.82, 2.24) is 4.90 Å². The Morgan fingerprint density at radius 3 is 2.39 bits per heavy atom. The quantitative estimate of drug-likeness (QED) is 0.603. The first-order valence-electron chi connectivity index (χ1n) is 7.78. The third kappa shape index (κ3) is 7.14. The predicted octanol–water partition coefficient (Wildman–Crippen LogP) is 1.78. The number of primary amides is 1. The smallest absolute Gasteiger partial charge is 0.406 e. The molecule has 0 atom stereocenters. The number of carbonyl (C=O) groups is 3. The summed E-state index contributed by atoms with van der Waals surface area (Å²) in [5.41, 5.74) is 4.68. The Hall–Kier alpha value is -2.69. The van der Waals surface area contributed by atoms with Gasteiger partial charge in [0.15, 0.2) is 18.1 Å². The van der Waals surface area contributed by atoms with E-state index in [1.807, 2.05) is 0 Å². The van der Waals surface area contributed by atoms with Crippen molar-refractivity contribution in [3.63, 3.8) is 0 Å². The van der Waals surface area contributed by atoms with E-state index >= 15 is 0 Å². The van der Waals surface area contributed by atoms with Gasteiger partial charge in [0.1, 0.15) is 13.1 Å². The van der Waals surface area contributed by atoms with Crippen LogP contribution in [0.5, 0.6) is 11.5 Å². The van der Waals surface area contributed by atoms with Gasteiger partial charge >= 0.3 is 12.1 Å². The van der Waals surface area contributed by atoms with Crippen molar-refractivity contribution in [3.05, 3.63) is 22.7 Å². The maximum absolute atomic E-state index is 12.8. The molecule has 0 aliphatic heterocycles. The van der Waals surface area contributed by atoms with E-state index in [2.05, 4.69) is 4.74 Å². The van der Waals surface area contributed by atoms with E-state index in [1.165, 1.54) is 14.0 Å². The largest absolute Gasteiger partial charge is 0.493 e. The molecule has 0 spiro atoms. The minimum absolute atomic E-state index is 0.0571. The van der Waals surface area contributed by atoms with Crippen molar-refractivity contribution in [2.75, 3.05) is 33.4 Å². The van der Waals surface area contributed by atoms with Crippen LogP contribution in [0, 0.1) is 0 Å². The van der Waals surface area contributed by atoms with Gasteiger partial charge in [0.25, 0.3) is 11.8 Å². The van der Waals surface area contributed by atoms with Gasteiger partial charge in [-0.15, -0.1) is 0 Å². The number of rotatable bonds is 9. The van der Waals surface area contributed by atoms with Crippen molar-refractivity contribution in [2.24, 2.45) is 5.73 Å². The summed E-state index contributed by atoms with van der Waals surface area (Å²) in [7, 11) is 1.20. The molecule has 0 aliphatic rings. The van der Waals surface area contributed by atoms with Gasteiger partial charge < -0.3 is 24.8 Å². The molecule has 1 aromatic rings. The Balaban J connectivity index is 3.21. The zero-order valence-corrected chi connectivity index (χ0v) is 15.7. The number of ether oxygens (including phenoxy) is 3. The number of alkyl halides is 3. The van der Waals surface area contributed by atoms with Crippen LogP contribution >= 0.6 is 11.6 Å². The van der Waals surface area contributed by atoms with E-state index in [0.29, 0.717) is 0 Å². The number of halogens is 4. The van der Waals surface area contributed by atoms with E-state index in [0.717, 1.165) is 12.1 Å². The predicted molar refractivity (Wildman–Crippen MR) is 91.3 cm³/mol. The molecule has 0 aliphatic carbocycles. The molecular formula is C16H18ClF3N2O6. The summed E-state index contributed by atoms with van der Waals surface area (Å²) < 4.78 is 53.2. The average molecular weight is 427 g/mol. The number of methoxy groups -OCH3 is 1. The van der Waals surface area contributed by atoms with Gasteiger partial charge in [-0.25, -0.2) is 0 Å². The zero-order valence-electron chi connectivity index (χ0n) is 15.0. The Morgan fingerprint density at radius 1 is 1.25 bits per heavy atom. The summed E-state index contributed by atoms with van der Waals surface area (Å²) in [5.74, 6) is -3.16. The van der Waals surface area contributed by atoms with Crippen LogP contribution in [-0.2, 0) is 14.3 Å². The lowest BCUT2D eigenvalue weighted by molar-refractivity contribution is -0.153. The highest BCUT2D eigenvalue weighted by atomic mass is 35.5.